The molecule has 1 aromatic carbocycles. The molecule has 0 saturated carbocycles. The van der Waals surface area contributed by atoms with E-state index in [2.05, 4.69) is 66.0 Å². The van der Waals surface area contributed by atoms with Crippen LogP contribution in [0, 0.1) is 5.92 Å². The summed E-state index contributed by atoms with van der Waals surface area (Å²) in [5.74, 6) is 1.26. The third kappa shape index (κ3) is 7.49. The molecule has 1 unspecified atom stereocenters. The third-order valence-electron chi connectivity index (χ3n) is 3.69. The van der Waals surface area contributed by atoms with Crippen LogP contribution in [-0.4, -0.2) is 32.0 Å². The number of nitrogens with zero attached hydrogens (tertiary/aromatic N) is 1. The van der Waals surface area contributed by atoms with E-state index in [4.69, 9.17) is 0 Å². The van der Waals surface area contributed by atoms with Gasteiger partial charge in [0, 0.05) is 13.6 Å². The highest BCUT2D eigenvalue weighted by Gasteiger charge is 2.09. The van der Waals surface area contributed by atoms with Gasteiger partial charge in [-0.1, -0.05) is 45.0 Å². The lowest BCUT2D eigenvalue weighted by molar-refractivity contribution is -0.120. The molecule has 24 heavy (non-hydrogen) atoms. The third-order valence-corrected chi connectivity index (χ3v) is 3.69. The van der Waals surface area contributed by atoms with E-state index in [0.717, 1.165) is 12.8 Å². The van der Waals surface area contributed by atoms with Crippen LogP contribution in [0.1, 0.15) is 51.3 Å². The Morgan fingerprint density at radius 2 is 1.79 bits per heavy atom. The fourth-order valence-electron chi connectivity index (χ4n) is 2.39. The van der Waals surface area contributed by atoms with Gasteiger partial charge in [-0.2, -0.15) is 0 Å². The minimum absolute atomic E-state index is 0.0227. The van der Waals surface area contributed by atoms with E-state index in [9.17, 15) is 4.79 Å². The molecule has 5 nitrogen and oxygen atoms in total. The minimum Gasteiger partial charge on any atom is -0.355 e. The number of carbonyl (C=O) groups is 1. The lowest BCUT2D eigenvalue weighted by Gasteiger charge is -2.18. The van der Waals surface area contributed by atoms with E-state index < -0.39 is 0 Å². The Morgan fingerprint density at radius 3 is 2.33 bits per heavy atom. The molecule has 0 aliphatic rings. The first kappa shape index (κ1) is 20.0. The van der Waals surface area contributed by atoms with Gasteiger partial charge in [0.15, 0.2) is 5.96 Å². The predicted octanol–water partition coefficient (Wildman–Crippen LogP) is 2.64. The minimum atomic E-state index is -0.0227. The van der Waals surface area contributed by atoms with Gasteiger partial charge in [0.25, 0.3) is 0 Å². The van der Waals surface area contributed by atoms with Crippen LogP contribution in [0.25, 0.3) is 0 Å². The number of nitrogens with one attached hydrogen (secondary N) is 3. The zero-order chi connectivity index (χ0) is 17.9. The van der Waals surface area contributed by atoms with Crippen molar-refractivity contribution in [2.45, 2.75) is 46.6 Å². The van der Waals surface area contributed by atoms with Crippen molar-refractivity contribution < 1.29 is 4.79 Å². The Hall–Kier alpha value is -2.04. The van der Waals surface area contributed by atoms with E-state index in [1.54, 1.807) is 7.05 Å². The number of benzene rings is 1. The maximum atomic E-state index is 11.6. The van der Waals surface area contributed by atoms with Crippen LogP contribution in [0.2, 0.25) is 0 Å². The summed E-state index contributed by atoms with van der Waals surface area (Å²) in [5, 5.41) is 9.19. The second-order valence-corrected chi connectivity index (χ2v) is 6.48. The summed E-state index contributed by atoms with van der Waals surface area (Å²) in [6.45, 7) is 9.49. The topological polar surface area (TPSA) is 65.5 Å². The van der Waals surface area contributed by atoms with Crippen molar-refractivity contribution in [1.29, 1.82) is 0 Å². The summed E-state index contributed by atoms with van der Waals surface area (Å²) in [6, 6.07) is 8.78. The Kier molecular flexibility index (Phi) is 8.90. The first-order chi connectivity index (χ1) is 11.5. The van der Waals surface area contributed by atoms with E-state index in [1.165, 1.54) is 11.1 Å². The van der Waals surface area contributed by atoms with Crippen molar-refractivity contribution in [2.24, 2.45) is 10.9 Å². The lowest BCUT2D eigenvalue weighted by atomic mass is 10.00. The highest BCUT2D eigenvalue weighted by atomic mass is 16.1. The molecule has 0 radical (unpaired) electrons. The largest absolute Gasteiger partial charge is 0.355 e. The number of carbonyl (C=O) groups excluding carboxylic acids is 1. The molecular formula is C19H32N4O. The summed E-state index contributed by atoms with van der Waals surface area (Å²) < 4.78 is 0. The summed E-state index contributed by atoms with van der Waals surface area (Å²) in [7, 11) is 1.71. The van der Waals surface area contributed by atoms with Crippen LogP contribution >= 0.6 is 0 Å². The van der Waals surface area contributed by atoms with Crippen molar-refractivity contribution in [3.63, 3.8) is 0 Å². The Labute approximate surface area is 146 Å². The van der Waals surface area contributed by atoms with Gasteiger partial charge in [-0.25, -0.2) is 0 Å². The second kappa shape index (κ2) is 10.7. The van der Waals surface area contributed by atoms with Crippen LogP contribution < -0.4 is 16.0 Å². The molecule has 1 aromatic rings. The molecule has 0 aromatic heterocycles. The molecule has 5 heteroatoms. The van der Waals surface area contributed by atoms with E-state index >= 15 is 0 Å². The van der Waals surface area contributed by atoms with Crippen LogP contribution in [0.3, 0.4) is 0 Å². The zero-order valence-electron chi connectivity index (χ0n) is 15.6. The number of hydrogen-bond acceptors (Lipinski definition) is 2. The number of amides is 1. The first-order valence-electron chi connectivity index (χ1n) is 8.79. The van der Waals surface area contributed by atoms with Gasteiger partial charge < -0.3 is 16.0 Å². The molecular weight excluding hydrogens is 300 g/mol. The monoisotopic (exact) mass is 332 g/mol. The molecule has 0 spiro atoms. The Bertz CT molecular complexity index is 523. The smallest absolute Gasteiger partial charge is 0.239 e. The van der Waals surface area contributed by atoms with Crippen LogP contribution in [0.15, 0.2) is 29.3 Å². The number of hydrogen-bond donors (Lipinski definition) is 3. The maximum absolute atomic E-state index is 11.6. The molecule has 0 saturated heterocycles. The van der Waals surface area contributed by atoms with Gasteiger partial charge in [-0.05, 0) is 36.8 Å². The van der Waals surface area contributed by atoms with Crippen molar-refractivity contribution in [3.05, 3.63) is 35.4 Å². The van der Waals surface area contributed by atoms with Crippen molar-refractivity contribution in [3.8, 4) is 0 Å². The molecule has 1 atom stereocenters. The Morgan fingerprint density at radius 1 is 1.12 bits per heavy atom. The van der Waals surface area contributed by atoms with E-state index in [-0.39, 0.29) is 18.5 Å². The van der Waals surface area contributed by atoms with Crippen molar-refractivity contribution in [1.82, 2.24) is 16.0 Å². The normalized spacial score (nSPS) is 12.8. The van der Waals surface area contributed by atoms with Crippen molar-refractivity contribution >= 4 is 11.9 Å². The van der Waals surface area contributed by atoms with Crippen LogP contribution in [0.4, 0.5) is 0 Å². The van der Waals surface area contributed by atoms with E-state index in [1.807, 2.05) is 6.92 Å². The molecule has 0 aliphatic carbocycles. The van der Waals surface area contributed by atoms with Crippen LogP contribution in [0.5, 0.6) is 0 Å². The first-order valence-corrected chi connectivity index (χ1v) is 8.79. The van der Waals surface area contributed by atoms with Gasteiger partial charge in [-0.3, -0.25) is 9.79 Å². The van der Waals surface area contributed by atoms with E-state index in [0.29, 0.717) is 18.4 Å². The van der Waals surface area contributed by atoms with Gasteiger partial charge in [0.05, 0.1) is 12.6 Å². The predicted molar refractivity (Wildman–Crippen MR) is 101 cm³/mol. The van der Waals surface area contributed by atoms with Crippen molar-refractivity contribution in [2.75, 3.05) is 20.1 Å². The molecule has 134 valence electrons. The average Bonchev–Trinajstić information content (AvgIpc) is 2.56. The quantitative estimate of drug-likeness (QED) is 0.506. The molecule has 3 N–H and O–H groups in total. The van der Waals surface area contributed by atoms with Gasteiger partial charge >= 0.3 is 0 Å². The highest BCUT2D eigenvalue weighted by molar-refractivity contribution is 5.86. The maximum Gasteiger partial charge on any atom is 0.239 e. The second-order valence-electron chi connectivity index (χ2n) is 6.48. The number of aliphatic imine (C=N–C) groups is 1. The molecule has 0 heterocycles. The molecule has 1 rings (SSSR count). The average molecular weight is 332 g/mol. The molecule has 0 aliphatic heterocycles. The Balaban J connectivity index is 2.51. The molecule has 1 amide bonds. The lowest BCUT2D eigenvalue weighted by Crippen LogP contribution is -2.44. The standard InChI is InChI=1S/C19H32N4O/c1-6-11-21-18(24)13-22-19(20-5)23-15(4)17-9-7-16(8-10-17)12-14(2)3/h7-10,14-15H,6,11-13H2,1-5H3,(H,21,24)(H2,20,22,23). The van der Waals surface area contributed by atoms with Gasteiger partial charge in [0.1, 0.15) is 0 Å². The molecule has 0 fully saturated rings. The summed E-state index contributed by atoms with van der Waals surface area (Å²) in [6.07, 6.45) is 2.03. The zero-order valence-corrected chi connectivity index (χ0v) is 15.6. The summed E-state index contributed by atoms with van der Waals surface area (Å²) in [5.41, 5.74) is 2.55. The fraction of sp³-hybridized carbons (Fsp3) is 0.579. The fourth-order valence-corrected chi connectivity index (χ4v) is 2.39. The SMILES string of the molecule is CCCNC(=O)CNC(=NC)NC(C)c1ccc(CC(C)C)cc1. The summed E-state index contributed by atoms with van der Waals surface area (Å²) >= 11 is 0. The highest BCUT2D eigenvalue weighted by Crippen LogP contribution is 2.15. The molecule has 0 bridgehead atoms. The number of guanidine groups is 1. The van der Waals surface area contributed by atoms with Gasteiger partial charge in [0.2, 0.25) is 5.91 Å². The number of rotatable bonds is 8. The van der Waals surface area contributed by atoms with Crippen LogP contribution in [-0.2, 0) is 11.2 Å². The van der Waals surface area contributed by atoms with Gasteiger partial charge in [-0.15, -0.1) is 0 Å². The summed E-state index contributed by atoms with van der Waals surface area (Å²) in [4.78, 5) is 15.8.